The minimum Gasteiger partial charge on any atom is -0.300 e. The third-order valence-corrected chi connectivity index (χ3v) is 1.55. The molecule has 0 aliphatic heterocycles. The smallest absolute Gasteiger partial charge is 0.129 e. The van der Waals surface area contributed by atoms with Crippen LogP contribution < -0.4 is 0 Å². The topological polar surface area (TPSA) is 17.1 Å². The van der Waals surface area contributed by atoms with E-state index in [0.29, 0.717) is 5.78 Å². The van der Waals surface area contributed by atoms with Crippen LogP contribution in [0.25, 0.3) is 0 Å². The molecule has 0 aromatic heterocycles. The average molecular weight is 154 g/mol. The lowest BCUT2D eigenvalue weighted by Crippen LogP contribution is -1.88. The van der Waals surface area contributed by atoms with Crippen molar-refractivity contribution in [1.82, 2.24) is 0 Å². The molecule has 0 fully saturated rings. The molecule has 0 rings (SSSR count). The Hall–Kier alpha value is -0.590. The maximum absolute atomic E-state index is 10.5. The van der Waals surface area contributed by atoms with Gasteiger partial charge in [0.2, 0.25) is 0 Å². The standard InChI is InChI=1S/C10H18O/c1-3-4-5-6-7-8-9-10(2)11/h4-5H,3,6-9H2,1-2H3. The fourth-order valence-electron chi connectivity index (χ4n) is 0.921. The highest BCUT2D eigenvalue weighted by atomic mass is 16.1. The number of carbonyl (C=O) groups is 1. The Morgan fingerprint density at radius 1 is 1.27 bits per heavy atom. The van der Waals surface area contributed by atoms with Gasteiger partial charge in [-0.15, -0.1) is 0 Å². The largest absolute Gasteiger partial charge is 0.300 e. The summed E-state index contributed by atoms with van der Waals surface area (Å²) in [5.41, 5.74) is 0. The van der Waals surface area contributed by atoms with Gasteiger partial charge in [0.05, 0.1) is 0 Å². The lowest BCUT2D eigenvalue weighted by molar-refractivity contribution is -0.117. The molecule has 0 radical (unpaired) electrons. The van der Waals surface area contributed by atoms with Crippen LogP contribution in [0.2, 0.25) is 0 Å². The monoisotopic (exact) mass is 154 g/mol. The molecule has 0 saturated carbocycles. The Balaban J connectivity index is 3.02. The number of Topliss-reactive ketones (excluding diaryl/α,β-unsaturated/α-hetero) is 1. The number of carbonyl (C=O) groups excluding carboxylic acids is 1. The van der Waals surface area contributed by atoms with Gasteiger partial charge in [-0.3, -0.25) is 0 Å². The molecule has 0 amide bonds. The van der Waals surface area contributed by atoms with Gasteiger partial charge in [0.25, 0.3) is 0 Å². The molecule has 0 saturated heterocycles. The molecule has 0 spiro atoms. The maximum Gasteiger partial charge on any atom is 0.129 e. The Morgan fingerprint density at radius 2 is 2.00 bits per heavy atom. The van der Waals surface area contributed by atoms with Crippen LogP contribution in [0.3, 0.4) is 0 Å². The van der Waals surface area contributed by atoms with Crippen molar-refractivity contribution in [2.75, 3.05) is 0 Å². The van der Waals surface area contributed by atoms with Gasteiger partial charge in [0, 0.05) is 6.42 Å². The molecule has 0 N–H and O–H groups in total. The SMILES string of the molecule is CCC=CCCCCC(C)=O. The number of allylic oxidation sites excluding steroid dienone is 2. The van der Waals surface area contributed by atoms with Crippen molar-refractivity contribution in [3.05, 3.63) is 12.2 Å². The van der Waals surface area contributed by atoms with Crippen LogP contribution in [0.1, 0.15) is 46.0 Å². The predicted octanol–water partition coefficient (Wildman–Crippen LogP) is 3.10. The van der Waals surface area contributed by atoms with Crippen LogP contribution in [0.5, 0.6) is 0 Å². The predicted molar refractivity (Wildman–Crippen MR) is 48.6 cm³/mol. The molecule has 0 aliphatic carbocycles. The van der Waals surface area contributed by atoms with Crippen molar-refractivity contribution in [1.29, 1.82) is 0 Å². The van der Waals surface area contributed by atoms with Gasteiger partial charge in [-0.1, -0.05) is 19.1 Å². The summed E-state index contributed by atoms with van der Waals surface area (Å²) in [7, 11) is 0. The molecule has 0 bridgehead atoms. The average Bonchev–Trinajstić information content (AvgIpc) is 1.96. The number of ketones is 1. The second kappa shape index (κ2) is 7.52. The number of hydrogen-bond donors (Lipinski definition) is 0. The van der Waals surface area contributed by atoms with Crippen LogP contribution in [0.4, 0.5) is 0 Å². The Labute approximate surface area is 69.5 Å². The fraction of sp³-hybridized carbons (Fsp3) is 0.700. The molecular weight excluding hydrogens is 136 g/mol. The molecule has 0 unspecified atom stereocenters. The zero-order valence-electron chi connectivity index (χ0n) is 7.60. The normalized spacial score (nSPS) is 10.7. The minimum absolute atomic E-state index is 0.310. The molecule has 64 valence electrons. The lowest BCUT2D eigenvalue weighted by Gasteiger charge is -1.92. The maximum atomic E-state index is 10.5. The molecule has 0 aromatic rings. The highest BCUT2D eigenvalue weighted by Crippen LogP contribution is 2.01. The van der Waals surface area contributed by atoms with E-state index in [1.165, 1.54) is 0 Å². The third-order valence-electron chi connectivity index (χ3n) is 1.55. The summed E-state index contributed by atoms with van der Waals surface area (Å²) in [5, 5.41) is 0. The first-order valence-corrected chi connectivity index (χ1v) is 4.41. The second-order valence-electron chi connectivity index (χ2n) is 2.83. The van der Waals surface area contributed by atoms with Crippen LogP contribution in [0, 0.1) is 0 Å². The van der Waals surface area contributed by atoms with Crippen LogP contribution >= 0.6 is 0 Å². The molecule has 1 heteroatoms. The summed E-state index contributed by atoms with van der Waals surface area (Å²) < 4.78 is 0. The number of hydrogen-bond acceptors (Lipinski definition) is 1. The molecule has 0 aromatic carbocycles. The van der Waals surface area contributed by atoms with Crippen molar-refractivity contribution in [2.24, 2.45) is 0 Å². The van der Waals surface area contributed by atoms with E-state index in [-0.39, 0.29) is 0 Å². The van der Waals surface area contributed by atoms with Gasteiger partial charge in [-0.05, 0) is 32.6 Å². The lowest BCUT2D eigenvalue weighted by atomic mass is 10.1. The number of rotatable bonds is 6. The van der Waals surface area contributed by atoms with Crippen LogP contribution in [-0.4, -0.2) is 5.78 Å². The van der Waals surface area contributed by atoms with Crippen molar-refractivity contribution in [3.63, 3.8) is 0 Å². The Morgan fingerprint density at radius 3 is 2.55 bits per heavy atom. The van der Waals surface area contributed by atoms with Gasteiger partial charge in [-0.2, -0.15) is 0 Å². The summed E-state index contributed by atoms with van der Waals surface area (Å²) in [6, 6.07) is 0. The van der Waals surface area contributed by atoms with Crippen molar-refractivity contribution in [2.45, 2.75) is 46.0 Å². The fourth-order valence-corrected chi connectivity index (χ4v) is 0.921. The van der Waals surface area contributed by atoms with Crippen LogP contribution in [0.15, 0.2) is 12.2 Å². The first-order chi connectivity index (χ1) is 5.27. The van der Waals surface area contributed by atoms with E-state index < -0.39 is 0 Å². The van der Waals surface area contributed by atoms with E-state index in [1.54, 1.807) is 6.92 Å². The van der Waals surface area contributed by atoms with Crippen molar-refractivity contribution in [3.8, 4) is 0 Å². The van der Waals surface area contributed by atoms with E-state index in [4.69, 9.17) is 0 Å². The summed E-state index contributed by atoms with van der Waals surface area (Å²) in [5.74, 6) is 0.310. The summed E-state index contributed by atoms with van der Waals surface area (Å²) in [6.07, 6.45) is 9.56. The molecular formula is C10H18O. The van der Waals surface area contributed by atoms with Gasteiger partial charge < -0.3 is 4.79 Å². The molecule has 0 aliphatic rings. The first kappa shape index (κ1) is 10.4. The molecule has 11 heavy (non-hydrogen) atoms. The summed E-state index contributed by atoms with van der Waals surface area (Å²) in [4.78, 5) is 10.5. The van der Waals surface area contributed by atoms with E-state index in [9.17, 15) is 4.79 Å². The zero-order chi connectivity index (χ0) is 8.53. The van der Waals surface area contributed by atoms with Crippen LogP contribution in [-0.2, 0) is 4.79 Å². The van der Waals surface area contributed by atoms with Gasteiger partial charge in [-0.25, -0.2) is 0 Å². The minimum atomic E-state index is 0.310. The Kier molecular flexibility index (Phi) is 7.11. The summed E-state index contributed by atoms with van der Waals surface area (Å²) >= 11 is 0. The van der Waals surface area contributed by atoms with Gasteiger partial charge >= 0.3 is 0 Å². The van der Waals surface area contributed by atoms with Gasteiger partial charge in [0.1, 0.15) is 5.78 Å². The van der Waals surface area contributed by atoms with E-state index in [0.717, 1.165) is 32.1 Å². The van der Waals surface area contributed by atoms with Crippen molar-refractivity contribution < 1.29 is 4.79 Å². The molecule has 0 heterocycles. The summed E-state index contributed by atoms with van der Waals surface area (Å²) in [6.45, 7) is 3.79. The van der Waals surface area contributed by atoms with E-state index in [1.807, 2.05) is 0 Å². The third kappa shape index (κ3) is 9.41. The second-order valence-corrected chi connectivity index (χ2v) is 2.83. The quantitative estimate of drug-likeness (QED) is 0.424. The highest BCUT2D eigenvalue weighted by molar-refractivity contribution is 5.75. The van der Waals surface area contributed by atoms with E-state index in [2.05, 4.69) is 19.1 Å². The first-order valence-electron chi connectivity index (χ1n) is 4.41. The van der Waals surface area contributed by atoms with Gasteiger partial charge in [0.15, 0.2) is 0 Å². The highest BCUT2D eigenvalue weighted by Gasteiger charge is 1.90. The van der Waals surface area contributed by atoms with E-state index >= 15 is 0 Å². The zero-order valence-corrected chi connectivity index (χ0v) is 7.60. The molecule has 0 atom stereocenters. The Bertz CT molecular complexity index is 125. The molecule has 1 nitrogen and oxygen atoms in total. The van der Waals surface area contributed by atoms with Crippen molar-refractivity contribution >= 4 is 5.78 Å². The number of unbranched alkanes of at least 4 members (excludes halogenated alkanes) is 2.